The zero-order valence-corrected chi connectivity index (χ0v) is 11.6. The maximum absolute atomic E-state index is 12.4. The summed E-state index contributed by atoms with van der Waals surface area (Å²) >= 11 is 0. The van der Waals surface area contributed by atoms with E-state index >= 15 is 0 Å². The van der Waals surface area contributed by atoms with Crippen LogP contribution in [0.25, 0.3) is 5.69 Å². The molecule has 0 radical (unpaired) electrons. The molecule has 1 unspecified atom stereocenters. The average Bonchev–Trinajstić information content (AvgIpc) is 3.19. The van der Waals surface area contributed by atoms with Crippen molar-refractivity contribution in [1.29, 1.82) is 0 Å². The Morgan fingerprint density at radius 3 is 2.91 bits per heavy atom. The topological polar surface area (TPSA) is 106 Å². The molecule has 0 bridgehead atoms. The van der Waals surface area contributed by atoms with Crippen LogP contribution in [-0.2, 0) is 9.53 Å². The van der Waals surface area contributed by atoms with E-state index in [0.29, 0.717) is 17.9 Å². The molecule has 1 atom stereocenters. The number of aromatic nitrogens is 3. The number of nitrogens with zero attached hydrogens (tertiary/aromatic N) is 3. The van der Waals surface area contributed by atoms with Gasteiger partial charge in [-0.05, 0) is 18.2 Å². The smallest absolute Gasteiger partial charge is 0.331 e. The number of benzene rings is 1. The standard InChI is InChI=1S/C14H14N4O4/c19-12(17-14(13(20)21)4-5-22-7-14)10-2-1-3-11(6-10)18-9-15-8-16-18/h1-3,6,8-9H,4-5,7H2,(H,17,19)(H,20,21). The van der Waals surface area contributed by atoms with Crippen LogP contribution >= 0.6 is 0 Å². The van der Waals surface area contributed by atoms with Crippen LogP contribution in [0.4, 0.5) is 0 Å². The third kappa shape index (κ3) is 2.56. The van der Waals surface area contributed by atoms with Gasteiger partial charge in [-0.15, -0.1) is 0 Å². The van der Waals surface area contributed by atoms with Crippen molar-refractivity contribution in [3.8, 4) is 5.69 Å². The third-order valence-corrected chi connectivity index (χ3v) is 3.58. The number of carboxylic acid groups (broad SMARTS) is 1. The minimum atomic E-state index is -1.36. The van der Waals surface area contributed by atoms with Crippen molar-refractivity contribution in [1.82, 2.24) is 20.1 Å². The van der Waals surface area contributed by atoms with Crippen LogP contribution in [0, 0.1) is 0 Å². The lowest BCUT2D eigenvalue weighted by Gasteiger charge is -2.23. The number of carboxylic acids is 1. The van der Waals surface area contributed by atoms with Gasteiger partial charge >= 0.3 is 5.97 Å². The second kappa shape index (κ2) is 5.57. The maximum Gasteiger partial charge on any atom is 0.331 e. The van der Waals surface area contributed by atoms with Crippen LogP contribution < -0.4 is 5.32 Å². The van der Waals surface area contributed by atoms with Crippen LogP contribution in [-0.4, -0.2) is 50.5 Å². The lowest BCUT2D eigenvalue weighted by Crippen LogP contribution is -2.55. The predicted molar refractivity (Wildman–Crippen MR) is 74.6 cm³/mol. The SMILES string of the molecule is O=C(NC1(C(=O)O)CCOC1)c1cccc(-n2cncn2)c1. The van der Waals surface area contributed by atoms with Gasteiger partial charge in [-0.1, -0.05) is 6.07 Å². The van der Waals surface area contributed by atoms with E-state index in [9.17, 15) is 14.7 Å². The third-order valence-electron chi connectivity index (χ3n) is 3.58. The normalized spacial score (nSPS) is 20.7. The summed E-state index contributed by atoms with van der Waals surface area (Å²) in [6.07, 6.45) is 3.15. The Balaban J connectivity index is 1.83. The van der Waals surface area contributed by atoms with E-state index in [1.165, 1.54) is 17.3 Å². The van der Waals surface area contributed by atoms with Gasteiger partial charge in [0.25, 0.3) is 5.91 Å². The first-order chi connectivity index (χ1) is 10.6. The highest BCUT2D eigenvalue weighted by Gasteiger charge is 2.44. The minimum absolute atomic E-state index is 0.0309. The molecule has 2 N–H and O–H groups in total. The summed E-state index contributed by atoms with van der Waals surface area (Å²) in [6, 6.07) is 6.71. The van der Waals surface area contributed by atoms with Gasteiger partial charge in [0.1, 0.15) is 12.7 Å². The number of carbonyl (C=O) groups excluding carboxylic acids is 1. The van der Waals surface area contributed by atoms with Crippen LogP contribution in [0.3, 0.4) is 0 Å². The Morgan fingerprint density at radius 1 is 1.41 bits per heavy atom. The summed E-state index contributed by atoms with van der Waals surface area (Å²) in [5.74, 6) is -1.55. The fourth-order valence-corrected chi connectivity index (χ4v) is 2.31. The number of amides is 1. The summed E-state index contributed by atoms with van der Waals surface area (Å²) in [7, 11) is 0. The molecule has 1 aromatic heterocycles. The van der Waals surface area contributed by atoms with E-state index in [0.717, 1.165) is 0 Å². The number of ether oxygens (including phenoxy) is 1. The van der Waals surface area contributed by atoms with Crippen LogP contribution in [0.5, 0.6) is 0 Å². The highest BCUT2D eigenvalue weighted by Crippen LogP contribution is 2.20. The molecule has 22 heavy (non-hydrogen) atoms. The molecule has 8 heteroatoms. The Kier molecular flexibility index (Phi) is 3.60. The zero-order chi connectivity index (χ0) is 15.6. The number of carbonyl (C=O) groups is 2. The molecule has 1 fully saturated rings. The lowest BCUT2D eigenvalue weighted by atomic mass is 9.98. The molecule has 0 aliphatic carbocycles. The molecule has 0 spiro atoms. The van der Waals surface area contributed by atoms with Gasteiger partial charge in [-0.3, -0.25) is 4.79 Å². The van der Waals surface area contributed by atoms with Crippen molar-refractivity contribution in [2.24, 2.45) is 0 Å². The van der Waals surface area contributed by atoms with Gasteiger partial charge in [0.2, 0.25) is 0 Å². The number of hydrogen-bond donors (Lipinski definition) is 2. The molecule has 2 aromatic rings. The lowest BCUT2D eigenvalue weighted by molar-refractivity contribution is -0.144. The van der Waals surface area contributed by atoms with E-state index in [1.807, 2.05) is 0 Å². The first kappa shape index (κ1) is 14.2. The van der Waals surface area contributed by atoms with Crippen LogP contribution in [0.1, 0.15) is 16.8 Å². The fourth-order valence-electron chi connectivity index (χ4n) is 2.31. The second-order valence-electron chi connectivity index (χ2n) is 5.03. The van der Waals surface area contributed by atoms with Crippen molar-refractivity contribution in [3.05, 3.63) is 42.5 Å². The summed E-state index contributed by atoms with van der Waals surface area (Å²) in [4.78, 5) is 27.6. The summed E-state index contributed by atoms with van der Waals surface area (Å²) in [5, 5.41) is 15.9. The first-order valence-electron chi connectivity index (χ1n) is 6.69. The number of nitrogens with one attached hydrogen (secondary N) is 1. The summed E-state index contributed by atoms with van der Waals surface area (Å²) in [6.45, 7) is 0.280. The molecule has 1 aliphatic heterocycles. The van der Waals surface area contributed by atoms with Gasteiger partial charge in [-0.2, -0.15) is 5.10 Å². The molecule has 8 nitrogen and oxygen atoms in total. The monoisotopic (exact) mass is 302 g/mol. The van der Waals surface area contributed by atoms with Crippen molar-refractivity contribution in [2.45, 2.75) is 12.0 Å². The van der Waals surface area contributed by atoms with Crippen molar-refractivity contribution < 1.29 is 19.4 Å². The van der Waals surface area contributed by atoms with E-state index in [1.54, 1.807) is 24.3 Å². The number of aliphatic carboxylic acids is 1. The van der Waals surface area contributed by atoms with E-state index in [-0.39, 0.29) is 13.0 Å². The van der Waals surface area contributed by atoms with E-state index < -0.39 is 17.4 Å². The molecule has 1 amide bonds. The molecular weight excluding hydrogens is 288 g/mol. The Bertz CT molecular complexity index is 693. The maximum atomic E-state index is 12.4. The van der Waals surface area contributed by atoms with Crippen molar-refractivity contribution >= 4 is 11.9 Å². The van der Waals surface area contributed by atoms with E-state index in [4.69, 9.17) is 4.74 Å². The van der Waals surface area contributed by atoms with Crippen LogP contribution in [0.2, 0.25) is 0 Å². The molecule has 1 aromatic carbocycles. The second-order valence-corrected chi connectivity index (χ2v) is 5.03. The first-order valence-corrected chi connectivity index (χ1v) is 6.69. The summed E-state index contributed by atoms with van der Waals surface area (Å²) < 4.78 is 6.64. The Hall–Kier alpha value is -2.74. The molecule has 0 saturated carbocycles. The number of rotatable bonds is 4. The van der Waals surface area contributed by atoms with Gasteiger partial charge in [-0.25, -0.2) is 14.5 Å². The number of hydrogen-bond acceptors (Lipinski definition) is 5. The van der Waals surface area contributed by atoms with Crippen LogP contribution in [0.15, 0.2) is 36.9 Å². The highest BCUT2D eigenvalue weighted by atomic mass is 16.5. The Labute approximate surface area is 125 Å². The molecule has 2 heterocycles. The molecular formula is C14H14N4O4. The van der Waals surface area contributed by atoms with E-state index in [2.05, 4.69) is 15.4 Å². The molecule has 1 aliphatic rings. The highest BCUT2D eigenvalue weighted by molar-refractivity contribution is 5.98. The van der Waals surface area contributed by atoms with Crippen molar-refractivity contribution in [2.75, 3.05) is 13.2 Å². The fraction of sp³-hybridized carbons (Fsp3) is 0.286. The zero-order valence-electron chi connectivity index (χ0n) is 11.6. The largest absolute Gasteiger partial charge is 0.479 e. The Morgan fingerprint density at radius 2 is 2.27 bits per heavy atom. The molecule has 114 valence electrons. The predicted octanol–water partition coefficient (Wildman–Crippen LogP) is 0.241. The van der Waals surface area contributed by atoms with Gasteiger partial charge in [0, 0.05) is 18.6 Å². The van der Waals surface area contributed by atoms with Gasteiger partial charge in [0.15, 0.2) is 5.54 Å². The minimum Gasteiger partial charge on any atom is -0.479 e. The quantitative estimate of drug-likeness (QED) is 0.838. The molecule has 3 rings (SSSR count). The van der Waals surface area contributed by atoms with Gasteiger partial charge in [0.05, 0.1) is 12.3 Å². The van der Waals surface area contributed by atoms with Gasteiger partial charge < -0.3 is 15.2 Å². The average molecular weight is 302 g/mol. The summed E-state index contributed by atoms with van der Waals surface area (Å²) in [5.41, 5.74) is -0.349. The van der Waals surface area contributed by atoms with Crippen molar-refractivity contribution in [3.63, 3.8) is 0 Å². The molecule has 1 saturated heterocycles.